The Morgan fingerprint density at radius 2 is 2.00 bits per heavy atom. The molecule has 0 bridgehead atoms. The maximum atomic E-state index is 13.4. The monoisotopic (exact) mass is 241 g/mol. The molecule has 0 fully saturated rings. The van der Waals surface area contributed by atoms with Crippen molar-refractivity contribution in [2.45, 2.75) is 6.92 Å². The number of nitrogens with zero attached hydrogens (tertiary/aromatic N) is 1. The number of fused-ring (bicyclic) bond motifs is 1. The fraction of sp³-hybridized carbons (Fsp3) is 0.0714. The summed E-state index contributed by atoms with van der Waals surface area (Å²) >= 11 is 0. The van der Waals surface area contributed by atoms with Crippen molar-refractivity contribution in [3.8, 4) is 11.4 Å². The van der Waals surface area contributed by atoms with Crippen molar-refractivity contribution in [3.05, 3.63) is 47.8 Å². The van der Waals surface area contributed by atoms with E-state index in [0.29, 0.717) is 11.5 Å². The number of nitrogens with one attached hydrogen (secondary N) is 1. The predicted molar refractivity (Wildman–Crippen MR) is 70.6 cm³/mol. The zero-order valence-corrected chi connectivity index (χ0v) is 9.87. The van der Waals surface area contributed by atoms with Gasteiger partial charge < -0.3 is 10.7 Å². The Morgan fingerprint density at radius 1 is 1.17 bits per heavy atom. The van der Waals surface area contributed by atoms with E-state index in [2.05, 4.69) is 9.97 Å². The number of aryl methyl sites for hydroxylation is 1. The summed E-state index contributed by atoms with van der Waals surface area (Å²) in [5.74, 6) is 0.392. The highest BCUT2D eigenvalue weighted by Crippen LogP contribution is 2.23. The Hall–Kier alpha value is -2.36. The van der Waals surface area contributed by atoms with Crippen LogP contribution in [0.5, 0.6) is 0 Å². The highest BCUT2D eigenvalue weighted by molar-refractivity contribution is 5.82. The lowest BCUT2D eigenvalue weighted by atomic mass is 10.1. The summed E-state index contributed by atoms with van der Waals surface area (Å²) < 4.78 is 13.4. The van der Waals surface area contributed by atoms with Crippen LogP contribution in [0, 0.1) is 12.7 Å². The van der Waals surface area contributed by atoms with Crippen molar-refractivity contribution < 1.29 is 4.39 Å². The van der Waals surface area contributed by atoms with E-state index < -0.39 is 0 Å². The number of hydrogen-bond donors (Lipinski definition) is 2. The van der Waals surface area contributed by atoms with E-state index in [0.717, 1.165) is 22.2 Å². The summed E-state index contributed by atoms with van der Waals surface area (Å²) in [7, 11) is 0. The summed E-state index contributed by atoms with van der Waals surface area (Å²) in [4.78, 5) is 7.58. The molecule has 0 spiro atoms. The third-order valence-electron chi connectivity index (χ3n) is 2.82. The zero-order chi connectivity index (χ0) is 12.7. The van der Waals surface area contributed by atoms with Gasteiger partial charge in [-0.1, -0.05) is 0 Å². The van der Waals surface area contributed by atoms with E-state index in [-0.39, 0.29) is 5.82 Å². The van der Waals surface area contributed by atoms with Crippen LogP contribution in [-0.2, 0) is 0 Å². The fourth-order valence-electron chi connectivity index (χ4n) is 2.04. The smallest absolute Gasteiger partial charge is 0.138 e. The van der Waals surface area contributed by atoms with Crippen molar-refractivity contribution in [2.24, 2.45) is 0 Å². The van der Waals surface area contributed by atoms with E-state index in [1.54, 1.807) is 6.07 Å². The van der Waals surface area contributed by atoms with Gasteiger partial charge in [0.25, 0.3) is 0 Å². The molecule has 0 aliphatic rings. The molecule has 18 heavy (non-hydrogen) atoms. The van der Waals surface area contributed by atoms with Crippen LogP contribution in [0.15, 0.2) is 36.4 Å². The third kappa shape index (κ3) is 1.82. The molecule has 0 aliphatic heterocycles. The number of benzene rings is 2. The van der Waals surface area contributed by atoms with Gasteiger partial charge in [0.1, 0.15) is 11.6 Å². The standard InChI is InChI=1S/C14H12FN3/c1-8-4-9(6-10(15)5-8)14-17-12-3-2-11(16)7-13(12)18-14/h2-7H,16H2,1H3,(H,17,18). The van der Waals surface area contributed by atoms with E-state index >= 15 is 0 Å². The Bertz CT molecular complexity index is 711. The highest BCUT2D eigenvalue weighted by Gasteiger charge is 2.07. The first-order valence-corrected chi connectivity index (χ1v) is 5.64. The zero-order valence-electron chi connectivity index (χ0n) is 9.87. The highest BCUT2D eigenvalue weighted by atomic mass is 19.1. The van der Waals surface area contributed by atoms with E-state index in [1.165, 1.54) is 12.1 Å². The van der Waals surface area contributed by atoms with Crippen LogP contribution in [0.2, 0.25) is 0 Å². The summed E-state index contributed by atoms with van der Waals surface area (Å²) in [6.45, 7) is 1.85. The lowest BCUT2D eigenvalue weighted by Crippen LogP contribution is -1.85. The van der Waals surface area contributed by atoms with E-state index in [9.17, 15) is 4.39 Å². The Labute approximate surface area is 103 Å². The number of nitrogen functional groups attached to an aromatic ring is 1. The van der Waals surface area contributed by atoms with Gasteiger partial charge in [0.05, 0.1) is 11.0 Å². The lowest BCUT2D eigenvalue weighted by Gasteiger charge is -1.99. The van der Waals surface area contributed by atoms with Gasteiger partial charge in [-0.3, -0.25) is 0 Å². The van der Waals surface area contributed by atoms with Crippen LogP contribution < -0.4 is 5.73 Å². The van der Waals surface area contributed by atoms with Crippen molar-refractivity contribution in [1.82, 2.24) is 9.97 Å². The number of rotatable bonds is 1. The number of H-pyrrole nitrogens is 1. The molecular formula is C14H12FN3. The van der Waals surface area contributed by atoms with Gasteiger partial charge in [0.15, 0.2) is 0 Å². The Kier molecular flexibility index (Phi) is 2.30. The Balaban J connectivity index is 2.19. The second kappa shape index (κ2) is 3.84. The summed E-state index contributed by atoms with van der Waals surface area (Å²) in [6, 6.07) is 10.3. The van der Waals surface area contributed by atoms with Gasteiger partial charge in [-0.05, 0) is 48.9 Å². The van der Waals surface area contributed by atoms with E-state index in [1.807, 2.05) is 25.1 Å². The van der Waals surface area contributed by atoms with Gasteiger partial charge in [-0.2, -0.15) is 0 Å². The predicted octanol–water partition coefficient (Wildman–Crippen LogP) is 3.26. The molecule has 0 saturated carbocycles. The maximum absolute atomic E-state index is 13.4. The van der Waals surface area contributed by atoms with Gasteiger partial charge in [0.2, 0.25) is 0 Å². The second-order valence-corrected chi connectivity index (χ2v) is 4.38. The second-order valence-electron chi connectivity index (χ2n) is 4.38. The van der Waals surface area contributed by atoms with Crippen LogP contribution in [0.25, 0.3) is 22.4 Å². The molecule has 0 atom stereocenters. The summed E-state index contributed by atoms with van der Waals surface area (Å²) in [5.41, 5.74) is 9.66. The number of anilines is 1. The minimum atomic E-state index is -0.259. The van der Waals surface area contributed by atoms with Crippen LogP contribution in [0.4, 0.5) is 10.1 Å². The minimum absolute atomic E-state index is 0.259. The Morgan fingerprint density at radius 3 is 2.78 bits per heavy atom. The number of halogens is 1. The number of hydrogen-bond acceptors (Lipinski definition) is 2. The number of aromatic nitrogens is 2. The number of nitrogens with two attached hydrogens (primary N) is 1. The average Bonchev–Trinajstić information content (AvgIpc) is 2.70. The molecule has 90 valence electrons. The van der Waals surface area contributed by atoms with Gasteiger partial charge in [0, 0.05) is 11.3 Å². The fourth-order valence-corrected chi connectivity index (χ4v) is 2.04. The molecule has 4 heteroatoms. The van der Waals surface area contributed by atoms with E-state index in [4.69, 9.17) is 5.73 Å². The first-order valence-electron chi connectivity index (χ1n) is 5.64. The SMILES string of the molecule is Cc1cc(F)cc(-c2nc3ccc(N)cc3[nH]2)c1. The first kappa shape index (κ1) is 10.8. The first-order chi connectivity index (χ1) is 8.61. The molecule has 0 radical (unpaired) electrons. The molecule has 3 aromatic rings. The number of aromatic amines is 1. The average molecular weight is 241 g/mol. The molecule has 0 aliphatic carbocycles. The van der Waals surface area contributed by atoms with Gasteiger partial charge in [-0.15, -0.1) is 0 Å². The maximum Gasteiger partial charge on any atom is 0.138 e. The normalized spacial score (nSPS) is 11.0. The molecule has 3 N–H and O–H groups in total. The van der Waals surface area contributed by atoms with Crippen molar-refractivity contribution in [2.75, 3.05) is 5.73 Å². The molecular weight excluding hydrogens is 229 g/mol. The lowest BCUT2D eigenvalue weighted by molar-refractivity contribution is 0.627. The van der Waals surface area contributed by atoms with Gasteiger partial charge >= 0.3 is 0 Å². The van der Waals surface area contributed by atoms with Crippen LogP contribution in [0.3, 0.4) is 0 Å². The molecule has 0 amide bonds. The molecule has 2 aromatic carbocycles. The van der Waals surface area contributed by atoms with Gasteiger partial charge in [-0.25, -0.2) is 9.37 Å². The number of imidazole rings is 1. The summed E-state index contributed by atoms with van der Waals surface area (Å²) in [6.07, 6.45) is 0. The van der Waals surface area contributed by atoms with Crippen LogP contribution in [-0.4, -0.2) is 9.97 Å². The third-order valence-corrected chi connectivity index (χ3v) is 2.82. The van der Waals surface area contributed by atoms with Crippen molar-refractivity contribution in [1.29, 1.82) is 0 Å². The topological polar surface area (TPSA) is 54.7 Å². The van der Waals surface area contributed by atoms with Crippen LogP contribution >= 0.6 is 0 Å². The largest absolute Gasteiger partial charge is 0.399 e. The molecule has 0 unspecified atom stereocenters. The molecule has 0 saturated heterocycles. The minimum Gasteiger partial charge on any atom is -0.399 e. The van der Waals surface area contributed by atoms with Crippen LogP contribution in [0.1, 0.15) is 5.56 Å². The van der Waals surface area contributed by atoms with Crippen molar-refractivity contribution >= 4 is 16.7 Å². The quantitative estimate of drug-likeness (QED) is 0.642. The van der Waals surface area contributed by atoms with Crippen molar-refractivity contribution in [3.63, 3.8) is 0 Å². The molecule has 3 nitrogen and oxygen atoms in total. The molecule has 1 heterocycles. The summed E-state index contributed by atoms with van der Waals surface area (Å²) in [5, 5.41) is 0. The molecule has 3 rings (SSSR count). The molecule has 1 aromatic heterocycles.